The van der Waals surface area contributed by atoms with Gasteiger partial charge in [-0.1, -0.05) is 30.7 Å². The van der Waals surface area contributed by atoms with E-state index < -0.39 is 0 Å². The summed E-state index contributed by atoms with van der Waals surface area (Å²) in [4.78, 5) is 0. The second kappa shape index (κ2) is 4.54. The van der Waals surface area contributed by atoms with Crippen LogP contribution in [0.25, 0.3) is 0 Å². The quantitative estimate of drug-likeness (QED) is 0.828. The van der Waals surface area contributed by atoms with Crippen molar-refractivity contribution < 1.29 is 0 Å². The zero-order valence-corrected chi connectivity index (χ0v) is 9.93. The van der Waals surface area contributed by atoms with Gasteiger partial charge in [-0.3, -0.25) is 0 Å². The van der Waals surface area contributed by atoms with Crippen LogP contribution in [-0.2, 0) is 0 Å². The number of hydrogen-bond acceptors (Lipinski definition) is 1. The highest BCUT2D eigenvalue weighted by atomic mass is 35.5. The topological polar surface area (TPSA) is 26.0 Å². The molecule has 1 nitrogen and oxygen atoms in total. The average Bonchev–Trinajstić information content (AvgIpc) is 3.01. The van der Waals surface area contributed by atoms with Crippen molar-refractivity contribution in [3.8, 4) is 0 Å². The average molecular weight is 224 g/mol. The Balaban J connectivity index is 2.16. The molecule has 0 amide bonds. The van der Waals surface area contributed by atoms with E-state index in [1.165, 1.54) is 24.0 Å². The molecular formula is C13H18ClN. The molecule has 82 valence electrons. The van der Waals surface area contributed by atoms with Crippen LogP contribution >= 0.6 is 11.6 Å². The summed E-state index contributed by atoms with van der Waals surface area (Å²) in [6, 6.07) is 6.53. The van der Waals surface area contributed by atoms with E-state index in [0.29, 0.717) is 5.92 Å². The van der Waals surface area contributed by atoms with Gasteiger partial charge in [0.2, 0.25) is 0 Å². The van der Waals surface area contributed by atoms with E-state index in [2.05, 4.69) is 25.1 Å². The van der Waals surface area contributed by atoms with Gasteiger partial charge in [0.25, 0.3) is 0 Å². The Morgan fingerprint density at radius 1 is 1.47 bits per heavy atom. The standard InChI is InChI=1S/C13H18ClN/c1-9(6-7-15)11-4-5-12(10-2-3-10)13(14)8-11/h4-5,8-10H,2-3,6-7,15H2,1H3. The van der Waals surface area contributed by atoms with Gasteiger partial charge in [0.1, 0.15) is 0 Å². The smallest absolute Gasteiger partial charge is 0.0443 e. The van der Waals surface area contributed by atoms with Crippen LogP contribution in [0.15, 0.2) is 18.2 Å². The van der Waals surface area contributed by atoms with Crippen LogP contribution in [0.5, 0.6) is 0 Å². The molecule has 0 aliphatic heterocycles. The van der Waals surface area contributed by atoms with E-state index >= 15 is 0 Å². The summed E-state index contributed by atoms with van der Waals surface area (Å²) in [6.45, 7) is 2.94. The summed E-state index contributed by atoms with van der Waals surface area (Å²) in [6.07, 6.45) is 3.63. The Hall–Kier alpha value is -0.530. The second-order valence-electron chi connectivity index (χ2n) is 4.53. The number of halogens is 1. The fourth-order valence-corrected chi connectivity index (χ4v) is 2.34. The molecule has 1 aliphatic carbocycles. The van der Waals surface area contributed by atoms with Crippen LogP contribution in [-0.4, -0.2) is 6.54 Å². The van der Waals surface area contributed by atoms with Gasteiger partial charge in [-0.25, -0.2) is 0 Å². The lowest BCUT2D eigenvalue weighted by molar-refractivity contribution is 0.690. The molecule has 0 saturated heterocycles. The summed E-state index contributed by atoms with van der Waals surface area (Å²) in [7, 11) is 0. The molecule has 0 spiro atoms. The largest absolute Gasteiger partial charge is 0.330 e. The van der Waals surface area contributed by atoms with Gasteiger partial charge >= 0.3 is 0 Å². The van der Waals surface area contributed by atoms with E-state index in [-0.39, 0.29) is 0 Å². The summed E-state index contributed by atoms with van der Waals surface area (Å²) in [5.41, 5.74) is 8.21. The van der Waals surface area contributed by atoms with Gasteiger partial charge in [0.15, 0.2) is 0 Å². The normalized spacial score (nSPS) is 17.8. The second-order valence-corrected chi connectivity index (χ2v) is 4.94. The van der Waals surface area contributed by atoms with E-state index in [1.807, 2.05) is 0 Å². The molecule has 1 aromatic carbocycles. The molecule has 0 bridgehead atoms. The lowest BCUT2D eigenvalue weighted by Gasteiger charge is -2.12. The zero-order chi connectivity index (χ0) is 10.8. The number of hydrogen-bond donors (Lipinski definition) is 1. The van der Waals surface area contributed by atoms with E-state index in [0.717, 1.165) is 23.9 Å². The third-order valence-electron chi connectivity index (χ3n) is 3.21. The first-order valence-corrected chi connectivity index (χ1v) is 6.09. The Morgan fingerprint density at radius 2 is 2.20 bits per heavy atom. The Labute approximate surface area is 96.6 Å². The molecule has 0 heterocycles. The third kappa shape index (κ3) is 2.53. The fourth-order valence-electron chi connectivity index (χ4n) is 1.99. The van der Waals surface area contributed by atoms with Crippen LogP contribution in [0.1, 0.15) is 49.1 Å². The van der Waals surface area contributed by atoms with Crippen molar-refractivity contribution in [3.05, 3.63) is 34.3 Å². The SMILES string of the molecule is CC(CCN)c1ccc(C2CC2)c(Cl)c1. The molecule has 2 N–H and O–H groups in total. The van der Waals surface area contributed by atoms with Crippen LogP contribution in [0, 0.1) is 0 Å². The van der Waals surface area contributed by atoms with Crippen LogP contribution in [0.4, 0.5) is 0 Å². The minimum atomic E-state index is 0.515. The molecule has 1 aliphatic rings. The maximum Gasteiger partial charge on any atom is 0.0443 e. The van der Waals surface area contributed by atoms with Gasteiger partial charge in [-0.2, -0.15) is 0 Å². The van der Waals surface area contributed by atoms with E-state index in [1.54, 1.807) is 0 Å². The monoisotopic (exact) mass is 223 g/mol. The fraction of sp³-hybridized carbons (Fsp3) is 0.538. The van der Waals surface area contributed by atoms with Crippen LogP contribution in [0.2, 0.25) is 5.02 Å². The molecule has 1 fully saturated rings. The van der Waals surface area contributed by atoms with Gasteiger partial charge in [0, 0.05) is 5.02 Å². The predicted molar refractivity (Wildman–Crippen MR) is 65.5 cm³/mol. The highest BCUT2D eigenvalue weighted by Gasteiger charge is 2.25. The minimum Gasteiger partial charge on any atom is -0.330 e. The highest BCUT2D eigenvalue weighted by molar-refractivity contribution is 6.31. The molecule has 2 rings (SSSR count). The van der Waals surface area contributed by atoms with Crippen molar-refractivity contribution in [1.29, 1.82) is 0 Å². The molecule has 1 aromatic rings. The van der Waals surface area contributed by atoms with Crippen molar-refractivity contribution in [2.45, 2.75) is 38.0 Å². The molecule has 1 unspecified atom stereocenters. The maximum atomic E-state index is 6.28. The van der Waals surface area contributed by atoms with Crippen LogP contribution < -0.4 is 5.73 Å². The first-order valence-electron chi connectivity index (χ1n) is 5.71. The first kappa shape index (κ1) is 11.0. The van der Waals surface area contributed by atoms with Crippen molar-refractivity contribution >= 4 is 11.6 Å². The summed E-state index contributed by atoms with van der Waals surface area (Å²) < 4.78 is 0. The summed E-state index contributed by atoms with van der Waals surface area (Å²) in [5, 5.41) is 0.943. The van der Waals surface area contributed by atoms with Crippen molar-refractivity contribution in [2.75, 3.05) is 6.54 Å². The summed E-state index contributed by atoms with van der Waals surface area (Å²) >= 11 is 6.28. The molecular weight excluding hydrogens is 206 g/mol. The zero-order valence-electron chi connectivity index (χ0n) is 9.17. The van der Waals surface area contributed by atoms with Crippen molar-refractivity contribution in [3.63, 3.8) is 0 Å². The molecule has 0 aromatic heterocycles. The predicted octanol–water partition coefficient (Wildman–Crippen LogP) is 3.67. The highest BCUT2D eigenvalue weighted by Crippen LogP contribution is 2.43. The Bertz CT molecular complexity index is 344. The third-order valence-corrected chi connectivity index (χ3v) is 3.54. The molecule has 1 saturated carbocycles. The van der Waals surface area contributed by atoms with Crippen molar-refractivity contribution in [1.82, 2.24) is 0 Å². The van der Waals surface area contributed by atoms with E-state index in [9.17, 15) is 0 Å². The Morgan fingerprint density at radius 3 is 2.73 bits per heavy atom. The van der Waals surface area contributed by atoms with Gasteiger partial charge in [0.05, 0.1) is 0 Å². The number of nitrogens with two attached hydrogens (primary N) is 1. The lowest BCUT2D eigenvalue weighted by atomic mass is 9.96. The number of rotatable bonds is 4. The van der Waals surface area contributed by atoms with Gasteiger partial charge in [-0.15, -0.1) is 0 Å². The number of benzene rings is 1. The van der Waals surface area contributed by atoms with Gasteiger partial charge < -0.3 is 5.73 Å². The summed E-state index contributed by atoms with van der Waals surface area (Å²) in [5.74, 6) is 1.25. The maximum absolute atomic E-state index is 6.28. The molecule has 2 heteroatoms. The lowest BCUT2D eigenvalue weighted by Crippen LogP contribution is -2.04. The van der Waals surface area contributed by atoms with E-state index in [4.69, 9.17) is 17.3 Å². The van der Waals surface area contributed by atoms with Crippen molar-refractivity contribution in [2.24, 2.45) is 5.73 Å². The molecule has 15 heavy (non-hydrogen) atoms. The van der Waals surface area contributed by atoms with Gasteiger partial charge in [-0.05, 0) is 54.8 Å². The van der Waals surface area contributed by atoms with Crippen LogP contribution in [0.3, 0.4) is 0 Å². The Kier molecular flexibility index (Phi) is 3.32. The first-order chi connectivity index (χ1) is 7.22. The molecule has 1 atom stereocenters. The minimum absolute atomic E-state index is 0.515. The molecule has 0 radical (unpaired) electrons.